The molecule has 0 spiro atoms. The van der Waals surface area contributed by atoms with E-state index in [0.29, 0.717) is 12.3 Å². The van der Waals surface area contributed by atoms with Gasteiger partial charge in [-0.2, -0.15) is 12.6 Å². The number of methoxy groups -OCH3 is 1. The van der Waals surface area contributed by atoms with Gasteiger partial charge in [-0.25, -0.2) is 4.39 Å². The number of nitrogens with one attached hydrogen (secondary N) is 1. The monoisotopic (exact) mass is 215 g/mol. The standard InChI is InChI=1S/C10H14FNOS/c1-13-10-3-2-9(11)6-8(10)7-12-4-5-14/h2-3,6,12,14H,4-5,7H2,1H3. The molecule has 4 heteroatoms. The molecule has 2 nitrogen and oxygen atoms in total. The fraction of sp³-hybridized carbons (Fsp3) is 0.400. The van der Waals surface area contributed by atoms with Gasteiger partial charge in [-0.1, -0.05) is 0 Å². The average molecular weight is 215 g/mol. The van der Waals surface area contributed by atoms with Crippen LogP contribution in [-0.2, 0) is 6.54 Å². The summed E-state index contributed by atoms with van der Waals surface area (Å²) in [5.41, 5.74) is 0.828. The second-order valence-corrected chi connectivity index (χ2v) is 3.30. The molecule has 1 N–H and O–H groups in total. The highest BCUT2D eigenvalue weighted by Gasteiger charge is 2.03. The Balaban J connectivity index is 2.67. The Kier molecular flexibility index (Phi) is 4.76. The predicted molar refractivity (Wildman–Crippen MR) is 58.5 cm³/mol. The minimum atomic E-state index is -0.242. The van der Waals surface area contributed by atoms with Gasteiger partial charge in [0.1, 0.15) is 11.6 Å². The molecule has 0 aliphatic carbocycles. The maximum Gasteiger partial charge on any atom is 0.123 e. The highest BCUT2D eigenvalue weighted by atomic mass is 32.1. The fourth-order valence-electron chi connectivity index (χ4n) is 1.19. The Bertz CT molecular complexity index is 293. The first kappa shape index (κ1) is 11.3. The summed E-state index contributed by atoms with van der Waals surface area (Å²) in [7, 11) is 1.58. The Hall–Kier alpha value is -0.740. The van der Waals surface area contributed by atoms with Crippen LogP contribution in [0.1, 0.15) is 5.56 Å². The molecule has 0 aliphatic rings. The number of benzene rings is 1. The van der Waals surface area contributed by atoms with E-state index in [-0.39, 0.29) is 5.82 Å². The zero-order valence-corrected chi connectivity index (χ0v) is 8.98. The SMILES string of the molecule is COc1ccc(F)cc1CNCCS. The van der Waals surface area contributed by atoms with E-state index in [1.54, 1.807) is 13.2 Å². The van der Waals surface area contributed by atoms with Gasteiger partial charge >= 0.3 is 0 Å². The smallest absolute Gasteiger partial charge is 0.123 e. The maximum absolute atomic E-state index is 12.9. The summed E-state index contributed by atoms with van der Waals surface area (Å²) < 4.78 is 18.0. The first-order chi connectivity index (χ1) is 6.77. The van der Waals surface area contributed by atoms with Crippen LogP contribution in [0, 0.1) is 5.82 Å². The molecule has 78 valence electrons. The lowest BCUT2D eigenvalue weighted by atomic mass is 10.2. The average Bonchev–Trinajstić information content (AvgIpc) is 2.19. The summed E-state index contributed by atoms with van der Waals surface area (Å²) in [5.74, 6) is 1.23. The molecule has 1 aromatic rings. The van der Waals surface area contributed by atoms with Crippen molar-refractivity contribution in [2.45, 2.75) is 6.54 Å². The third-order valence-electron chi connectivity index (χ3n) is 1.85. The van der Waals surface area contributed by atoms with Crippen molar-refractivity contribution in [3.8, 4) is 5.75 Å². The molecule has 0 heterocycles. The van der Waals surface area contributed by atoms with Crippen LogP contribution in [0.3, 0.4) is 0 Å². The van der Waals surface area contributed by atoms with Crippen molar-refractivity contribution in [3.05, 3.63) is 29.6 Å². The minimum Gasteiger partial charge on any atom is -0.496 e. The zero-order chi connectivity index (χ0) is 10.4. The minimum absolute atomic E-state index is 0.242. The van der Waals surface area contributed by atoms with Crippen LogP contribution in [-0.4, -0.2) is 19.4 Å². The van der Waals surface area contributed by atoms with Gasteiger partial charge in [0.2, 0.25) is 0 Å². The Morgan fingerprint density at radius 2 is 2.29 bits per heavy atom. The number of hydrogen-bond acceptors (Lipinski definition) is 3. The molecule has 0 saturated carbocycles. The van der Waals surface area contributed by atoms with Crippen LogP contribution < -0.4 is 10.1 Å². The molecule has 0 atom stereocenters. The van der Waals surface area contributed by atoms with Crippen molar-refractivity contribution >= 4 is 12.6 Å². The lowest BCUT2D eigenvalue weighted by Crippen LogP contribution is -2.16. The van der Waals surface area contributed by atoms with Gasteiger partial charge in [-0.3, -0.25) is 0 Å². The highest BCUT2D eigenvalue weighted by Crippen LogP contribution is 2.18. The number of ether oxygens (including phenoxy) is 1. The maximum atomic E-state index is 12.9. The lowest BCUT2D eigenvalue weighted by Gasteiger charge is -2.08. The van der Waals surface area contributed by atoms with E-state index < -0.39 is 0 Å². The summed E-state index contributed by atoms with van der Waals surface area (Å²) >= 11 is 4.07. The van der Waals surface area contributed by atoms with E-state index in [1.807, 2.05) is 0 Å². The zero-order valence-electron chi connectivity index (χ0n) is 8.09. The van der Waals surface area contributed by atoms with Gasteiger partial charge in [0.25, 0.3) is 0 Å². The predicted octanol–water partition coefficient (Wildman–Crippen LogP) is 1.85. The van der Waals surface area contributed by atoms with Gasteiger partial charge in [0, 0.05) is 24.4 Å². The summed E-state index contributed by atoms with van der Waals surface area (Å²) in [5, 5.41) is 3.13. The largest absolute Gasteiger partial charge is 0.496 e. The molecular weight excluding hydrogens is 201 g/mol. The fourth-order valence-corrected chi connectivity index (χ4v) is 1.35. The molecule has 14 heavy (non-hydrogen) atoms. The molecule has 0 fully saturated rings. The summed E-state index contributed by atoms with van der Waals surface area (Å²) in [4.78, 5) is 0. The molecule has 0 bridgehead atoms. The van der Waals surface area contributed by atoms with E-state index in [2.05, 4.69) is 17.9 Å². The second-order valence-electron chi connectivity index (χ2n) is 2.86. The normalized spacial score (nSPS) is 10.2. The van der Waals surface area contributed by atoms with Crippen LogP contribution >= 0.6 is 12.6 Å². The van der Waals surface area contributed by atoms with E-state index in [0.717, 1.165) is 17.9 Å². The molecule has 0 aliphatic heterocycles. The topological polar surface area (TPSA) is 21.3 Å². The van der Waals surface area contributed by atoms with Crippen LogP contribution in [0.15, 0.2) is 18.2 Å². The van der Waals surface area contributed by atoms with E-state index in [9.17, 15) is 4.39 Å². The van der Waals surface area contributed by atoms with Gasteiger partial charge in [0.05, 0.1) is 7.11 Å². The van der Waals surface area contributed by atoms with Crippen molar-refractivity contribution < 1.29 is 9.13 Å². The number of thiol groups is 1. The van der Waals surface area contributed by atoms with Crippen molar-refractivity contribution in [2.75, 3.05) is 19.4 Å². The van der Waals surface area contributed by atoms with Crippen molar-refractivity contribution in [1.29, 1.82) is 0 Å². The second kappa shape index (κ2) is 5.88. The lowest BCUT2D eigenvalue weighted by molar-refractivity contribution is 0.406. The first-order valence-electron chi connectivity index (χ1n) is 4.42. The number of hydrogen-bond donors (Lipinski definition) is 2. The molecule has 0 amide bonds. The molecular formula is C10H14FNOS. The summed E-state index contributed by atoms with van der Waals surface area (Å²) in [6.07, 6.45) is 0. The highest BCUT2D eigenvalue weighted by molar-refractivity contribution is 7.80. The van der Waals surface area contributed by atoms with Crippen LogP contribution in [0.5, 0.6) is 5.75 Å². The van der Waals surface area contributed by atoms with Gasteiger partial charge in [-0.15, -0.1) is 0 Å². The Morgan fingerprint density at radius 1 is 1.50 bits per heavy atom. The molecule has 0 radical (unpaired) electrons. The van der Waals surface area contributed by atoms with Gasteiger partial charge < -0.3 is 10.1 Å². The summed E-state index contributed by atoms with van der Waals surface area (Å²) in [6, 6.07) is 4.50. The van der Waals surface area contributed by atoms with E-state index in [4.69, 9.17) is 4.74 Å². The van der Waals surface area contributed by atoms with Crippen molar-refractivity contribution in [1.82, 2.24) is 5.32 Å². The molecule has 1 rings (SSSR count). The Labute approximate surface area is 88.9 Å². The third kappa shape index (κ3) is 3.20. The van der Waals surface area contributed by atoms with Gasteiger partial charge in [-0.05, 0) is 18.2 Å². The molecule has 0 unspecified atom stereocenters. The van der Waals surface area contributed by atoms with Crippen LogP contribution in [0.2, 0.25) is 0 Å². The molecule has 0 saturated heterocycles. The van der Waals surface area contributed by atoms with Gasteiger partial charge in [0.15, 0.2) is 0 Å². The van der Waals surface area contributed by atoms with Crippen LogP contribution in [0.25, 0.3) is 0 Å². The van der Waals surface area contributed by atoms with E-state index >= 15 is 0 Å². The molecule has 1 aromatic carbocycles. The van der Waals surface area contributed by atoms with Crippen molar-refractivity contribution in [3.63, 3.8) is 0 Å². The molecule has 0 aromatic heterocycles. The van der Waals surface area contributed by atoms with E-state index in [1.165, 1.54) is 12.1 Å². The number of rotatable bonds is 5. The first-order valence-corrected chi connectivity index (χ1v) is 5.05. The number of halogens is 1. The van der Waals surface area contributed by atoms with Crippen molar-refractivity contribution in [2.24, 2.45) is 0 Å². The summed E-state index contributed by atoms with van der Waals surface area (Å²) in [6.45, 7) is 1.39. The third-order valence-corrected chi connectivity index (χ3v) is 2.07. The Morgan fingerprint density at radius 3 is 2.93 bits per heavy atom. The quantitative estimate of drug-likeness (QED) is 0.578. The van der Waals surface area contributed by atoms with Crippen LogP contribution in [0.4, 0.5) is 4.39 Å².